The lowest BCUT2D eigenvalue weighted by atomic mass is 10.1. The van der Waals surface area contributed by atoms with Gasteiger partial charge in [-0.1, -0.05) is 48.0 Å². The van der Waals surface area contributed by atoms with E-state index >= 15 is 0 Å². The van der Waals surface area contributed by atoms with Gasteiger partial charge in [-0.2, -0.15) is 8.42 Å². The van der Waals surface area contributed by atoms with Crippen molar-refractivity contribution in [1.29, 1.82) is 0 Å². The lowest BCUT2D eigenvalue weighted by Crippen LogP contribution is -2.09. The van der Waals surface area contributed by atoms with E-state index in [1.165, 1.54) is 24.3 Å². The van der Waals surface area contributed by atoms with Gasteiger partial charge in [0.25, 0.3) is 0 Å². The number of benzene rings is 3. The predicted molar refractivity (Wildman–Crippen MR) is 112 cm³/mol. The Morgan fingerprint density at radius 3 is 2.37 bits per heavy atom. The molecule has 0 aliphatic carbocycles. The summed E-state index contributed by atoms with van der Waals surface area (Å²) in [5.74, 6) is -0.124. The molecule has 30 heavy (non-hydrogen) atoms. The third-order valence-electron chi connectivity index (χ3n) is 4.31. The predicted octanol–water partition coefficient (Wildman–Crippen LogP) is 4.11. The van der Waals surface area contributed by atoms with Crippen LogP contribution in [-0.2, 0) is 19.6 Å². The van der Waals surface area contributed by atoms with Crippen molar-refractivity contribution in [2.45, 2.75) is 11.8 Å². The first kappa shape index (κ1) is 19.6. The van der Waals surface area contributed by atoms with E-state index < -0.39 is 16.1 Å². The number of nitrogens with zero attached hydrogens (tertiary/aromatic N) is 1. The van der Waals surface area contributed by atoms with Gasteiger partial charge in [-0.05, 0) is 55.0 Å². The molecule has 4 rings (SSSR count). The first-order valence-corrected chi connectivity index (χ1v) is 10.5. The van der Waals surface area contributed by atoms with E-state index in [1.807, 2.05) is 31.2 Å². The molecule has 0 unspecified atom stereocenters. The number of cyclic esters (lactones) is 1. The molecule has 0 fully saturated rings. The minimum Gasteiger partial charge on any atom is -0.402 e. The highest BCUT2D eigenvalue weighted by Gasteiger charge is 2.24. The maximum Gasteiger partial charge on any atom is 0.363 e. The molecular formula is C23H17NO5S. The number of rotatable bonds is 5. The molecule has 0 atom stereocenters. The lowest BCUT2D eigenvalue weighted by molar-refractivity contribution is -0.129. The van der Waals surface area contributed by atoms with Gasteiger partial charge in [0.1, 0.15) is 10.6 Å². The maximum absolute atomic E-state index is 12.3. The normalized spacial score (nSPS) is 15.0. The van der Waals surface area contributed by atoms with Gasteiger partial charge in [0.05, 0.1) is 0 Å². The van der Waals surface area contributed by atoms with Crippen LogP contribution < -0.4 is 4.18 Å². The Morgan fingerprint density at radius 2 is 1.67 bits per heavy atom. The smallest absolute Gasteiger partial charge is 0.363 e. The van der Waals surface area contributed by atoms with Crippen LogP contribution in [0.1, 0.15) is 16.7 Å². The highest BCUT2D eigenvalue weighted by Crippen LogP contribution is 2.23. The first-order valence-electron chi connectivity index (χ1n) is 9.10. The molecule has 1 aliphatic rings. The number of carbonyl (C=O) groups is 1. The van der Waals surface area contributed by atoms with Crippen LogP contribution in [0, 0.1) is 6.92 Å². The van der Waals surface area contributed by atoms with E-state index in [-0.39, 0.29) is 22.2 Å². The highest BCUT2D eigenvalue weighted by atomic mass is 32.2. The van der Waals surface area contributed by atoms with E-state index in [2.05, 4.69) is 4.99 Å². The van der Waals surface area contributed by atoms with Gasteiger partial charge in [0, 0.05) is 5.56 Å². The van der Waals surface area contributed by atoms with Crippen molar-refractivity contribution in [3.8, 4) is 5.75 Å². The molecule has 0 spiro atoms. The van der Waals surface area contributed by atoms with Crippen molar-refractivity contribution in [1.82, 2.24) is 0 Å². The standard InChI is InChI=1S/C23H17NO5S/c1-16-6-5-7-18(14-16)22-24-21(23(25)28-22)15-17-10-12-19(13-11-17)29-30(26,27)20-8-3-2-4-9-20/h2-15H,1H3/b21-15-. The second-order valence-corrected chi connectivity index (χ2v) is 8.17. The molecule has 0 radical (unpaired) electrons. The molecule has 0 saturated carbocycles. The molecule has 0 amide bonds. The first-order chi connectivity index (χ1) is 14.4. The Labute approximate surface area is 174 Å². The lowest BCUT2D eigenvalue weighted by Gasteiger charge is -2.07. The fourth-order valence-corrected chi connectivity index (χ4v) is 3.80. The molecule has 0 saturated heterocycles. The van der Waals surface area contributed by atoms with Gasteiger partial charge in [0.15, 0.2) is 5.70 Å². The van der Waals surface area contributed by atoms with E-state index in [1.54, 1.807) is 36.4 Å². The third-order valence-corrected chi connectivity index (χ3v) is 5.57. The topological polar surface area (TPSA) is 82.0 Å². The SMILES string of the molecule is Cc1cccc(C2=N/C(=C\c3ccc(OS(=O)(=O)c4ccccc4)cc3)C(=O)O2)c1. The van der Waals surface area contributed by atoms with E-state index in [9.17, 15) is 13.2 Å². The molecule has 7 heteroatoms. The molecule has 0 bridgehead atoms. The average molecular weight is 419 g/mol. The van der Waals surface area contributed by atoms with Gasteiger partial charge in [0.2, 0.25) is 5.90 Å². The zero-order valence-corrected chi connectivity index (χ0v) is 16.8. The second kappa shape index (κ2) is 7.96. The van der Waals surface area contributed by atoms with Gasteiger partial charge in [-0.15, -0.1) is 0 Å². The average Bonchev–Trinajstić information content (AvgIpc) is 3.10. The van der Waals surface area contributed by atoms with E-state index in [0.29, 0.717) is 5.56 Å². The molecule has 1 heterocycles. The number of esters is 1. The second-order valence-electron chi connectivity index (χ2n) is 6.63. The van der Waals surface area contributed by atoms with E-state index in [4.69, 9.17) is 8.92 Å². The van der Waals surface area contributed by atoms with Crippen molar-refractivity contribution >= 4 is 28.1 Å². The Morgan fingerprint density at radius 1 is 0.933 bits per heavy atom. The minimum atomic E-state index is -3.91. The molecule has 3 aromatic rings. The summed E-state index contributed by atoms with van der Waals surface area (Å²) < 4.78 is 35.0. The summed E-state index contributed by atoms with van der Waals surface area (Å²) in [5, 5.41) is 0. The zero-order valence-electron chi connectivity index (χ0n) is 16.0. The Hall–Kier alpha value is -3.71. The summed E-state index contributed by atoms with van der Waals surface area (Å²) in [6, 6.07) is 21.7. The Balaban J connectivity index is 1.53. The number of aliphatic imine (C=N–C) groups is 1. The summed E-state index contributed by atoms with van der Waals surface area (Å²) >= 11 is 0. The van der Waals surface area contributed by atoms with Gasteiger partial charge in [-0.25, -0.2) is 9.79 Å². The van der Waals surface area contributed by atoms with Crippen LogP contribution in [0.25, 0.3) is 6.08 Å². The van der Waals surface area contributed by atoms with Crippen molar-refractivity contribution < 1.29 is 22.1 Å². The zero-order chi connectivity index (χ0) is 21.1. The number of aryl methyl sites for hydroxylation is 1. The highest BCUT2D eigenvalue weighted by molar-refractivity contribution is 7.87. The summed E-state index contributed by atoms with van der Waals surface area (Å²) in [6.07, 6.45) is 1.57. The number of hydrogen-bond donors (Lipinski definition) is 0. The third kappa shape index (κ3) is 4.31. The van der Waals surface area contributed by atoms with Crippen LogP contribution >= 0.6 is 0 Å². The van der Waals surface area contributed by atoms with Crippen LogP contribution in [0.2, 0.25) is 0 Å². The molecule has 150 valence electrons. The van der Waals surface area contributed by atoms with E-state index in [0.717, 1.165) is 11.1 Å². The monoisotopic (exact) mass is 419 g/mol. The van der Waals surface area contributed by atoms with Crippen LogP contribution in [0.3, 0.4) is 0 Å². The largest absolute Gasteiger partial charge is 0.402 e. The van der Waals surface area contributed by atoms with Crippen molar-refractivity contribution in [2.75, 3.05) is 0 Å². The molecule has 6 nitrogen and oxygen atoms in total. The summed E-state index contributed by atoms with van der Waals surface area (Å²) in [4.78, 5) is 16.5. The number of ether oxygens (including phenoxy) is 1. The van der Waals surface area contributed by atoms with Crippen LogP contribution in [-0.4, -0.2) is 20.3 Å². The molecule has 0 N–H and O–H groups in total. The Kier molecular flexibility index (Phi) is 5.20. The fourth-order valence-electron chi connectivity index (χ4n) is 2.85. The van der Waals surface area contributed by atoms with Crippen molar-refractivity contribution in [3.05, 3.63) is 101 Å². The minimum absolute atomic E-state index is 0.0721. The van der Waals surface area contributed by atoms with Crippen LogP contribution in [0.15, 0.2) is 94.4 Å². The molecular weight excluding hydrogens is 402 g/mol. The summed E-state index contributed by atoms with van der Waals surface area (Å²) in [5.41, 5.74) is 2.57. The number of hydrogen-bond acceptors (Lipinski definition) is 6. The molecule has 1 aliphatic heterocycles. The summed E-state index contributed by atoms with van der Waals surface area (Å²) in [6.45, 7) is 1.94. The number of carbonyl (C=O) groups excluding carboxylic acids is 1. The van der Waals surface area contributed by atoms with Gasteiger partial charge < -0.3 is 8.92 Å². The van der Waals surface area contributed by atoms with Gasteiger partial charge in [-0.3, -0.25) is 0 Å². The fraction of sp³-hybridized carbons (Fsp3) is 0.0435. The maximum atomic E-state index is 12.3. The molecule has 0 aromatic heterocycles. The van der Waals surface area contributed by atoms with Crippen molar-refractivity contribution in [3.63, 3.8) is 0 Å². The Bertz CT molecular complexity index is 1260. The van der Waals surface area contributed by atoms with Crippen LogP contribution in [0.5, 0.6) is 5.75 Å². The van der Waals surface area contributed by atoms with Gasteiger partial charge >= 0.3 is 16.1 Å². The van der Waals surface area contributed by atoms with Crippen LogP contribution in [0.4, 0.5) is 0 Å². The molecule has 3 aromatic carbocycles. The van der Waals surface area contributed by atoms with Crippen molar-refractivity contribution in [2.24, 2.45) is 4.99 Å². The quantitative estimate of drug-likeness (QED) is 0.353. The summed E-state index contributed by atoms with van der Waals surface area (Å²) in [7, 11) is -3.91.